The molecule has 2 aromatic heterocycles. The number of hydrogen-bond donors (Lipinski definition) is 1. The van der Waals surface area contributed by atoms with Crippen LogP contribution in [0.2, 0.25) is 0 Å². The Bertz CT molecular complexity index is 978. The number of hydrogen-bond acceptors (Lipinski definition) is 3. The van der Waals surface area contributed by atoms with E-state index in [9.17, 15) is 10.1 Å². The van der Waals surface area contributed by atoms with Crippen LogP contribution in [0.3, 0.4) is 0 Å². The van der Waals surface area contributed by atoms with E-state index in [1.54, 1.807) is 0 Å². The van der Waals surface area contributed by atoms with Crippen LogP contribution in [0, 0.1) is 11.3 Å². The summed E-state index contributed by atoms with van der Waals surface area (Å²) in [5.74, 6) is -0.000462. The Labute approximate surface area is 158 Å². The van der Waals surface area contributed by atoms with Gasteiger partial charge < -0.3 is 9.72 Å². The quantitative estimate of drug-likeness (QED) is 0.779. The van der Waals surface area contributed by atoms with Gasteiger partial charge in [-0.1, -0.05) is 24.3 Å². The van der Waals surface area contributed by atoms with Crippen molar-refractivity contribution in [1.82, 2.24) is 14.6 Å². The van der Waals surface area contributed by atoms with Gasteiger partial charge in [0, 0.05) is 49.2 Å². The van der Waals surface area contributed by atoms with Crippen molar-refractivity contribution in [2.24, 2.45) is 0 Å². The maximum absolute atomic E-state index is 12.3. The smallest absolute Gasteiger partial charge is 0.251 e. The highest BCUT2D eigenvalue weighted by Crippen LogP contribution is 2.21. The third-order valence-corrected chi connectivity index (χ3v) is 5.23. The molecule has 1 amide bonds. The zero-order valence-electron chi connectivity index (χ0n) is 15.1. The van der Waals surface area contributed by atoms with Crippen LogP contribution in [-0.2, 0) is 6.54 Å². The summed E-state index contributed by atoms with van der Waals surface area (Å²) in [6.45, 7) is 2.59. The second-order valence-corrected chi connectivity index (χ2v) is 7.02. The highest BCUT2D eigenvalue weighted by molar-refractivity contribution is 5.94. The van der Waals surface area contributed by atoms with Gasteiger partial charge in [-0.2, -0.15) is 5.26 Å². The molecule has 5 nitrogen and oxygen atoms in total. The molecule has 1 aliphatic rings. The Kier molecular flexibility index (Phi) is 4.91. The highest BCUT2D eigenvalue weighted by Gasteiger charge is 2.22. The predicted octanol–water partition coefficient (Wildman–Crippen LogP) is 3.21. The maximum Gasteiger partial charge on any atom is 0.251 e. The van der Waals surface area contributed by atoms with E-state index < -0.39 is 0 Å². The van der Waals surface area contributed by atoms with Gasteiger partial charge in [-0.3, -0.25) is 9.69 Å². The lowest BCUT2D eigenvalue weighted by atomic mass is 10.0. The molecule has 3 aromatic rings. The number of piperidine rings is 1. The molecule has 1 aliphatic heterocycles. The number of carbonyl (C=O) groups is 1. The predicted molar refractivity (Wildman–Crippen MR) is 104 cm³/mol. The SMILES string of the molecule is N#Cc1c(CN2CCC(NC(=O)c3ccccc3)CC2)cn2ccccc12. The first kappa shape index (κ1) is 17.3. The normalized spacial score (nSPS) is 15.5. The van der Waals surface area contributed by atoms with Gasteiger partial charge in [0.25, 0.3) is 5.91 Å². The highest BCUT2D eigenvalue weighted by atomic mass is 16.1. The molecule has 0 saturated carbocycles. The van der Waals surface area contributed by atoms with Crippen LogP contribution in [0.25, 0.3) is 5.52 Å². The van der Waals surface area contributed by atoms with Crippen molar-refractivity contribution in [3.05, 3.63) is 77.6 Å². The topological polar surface area (TPSA) is 60.5 Å². The molecule has 1 aromatic carbocycles. The van der Waals surface area contributed by atoms with E-state index in [1.807, 2.05) is 59.1 Å². The number of nitriles is 1. The summed E-state index contributed by atoms with van der Waals surface area (Å²) < 4.78 is 2.01. The zero-order valence-corrected chi connectivity index (χ0v) is 15.1. The summed E-state index contributed by atoms with van der Waals surface area (Å²) in [5.41, 5.74) is 3.49. The lowest BCUT2D eigenvalue weighted by molar-refractivity contribution is 0.0909. The minimum atomic E-state index is -0.000462. The number of carbonyl (C=O) groups excluding carboxylic acids is 1. The standard InChI is InChI=1S/C22H22N4O/c23-14-20-18(16-26-11-5-4-8-21(20)26)15-25-12-9-19(10-13-25)24-22(27)17-6-2-1-3-7-17/h1-8,11,16,19H,9-10,12-13,15H2,(H,24,27). The van der Waals surface area contributed by atoms with Crippen molar-refractivity contribution in [1.29, 1.82) is 5.26 Å². The largest absolute Gasteiger partial charge is 0.349 e. The van der Waals surface area contributed by atoms with Gasteiger partial charge in [-0.15, -0.1) is 0 Å². The molecule has 0 atom stereocenters. The van der Waals surface area contributed by atoms with Crippen LogP contribution in [0.4, 0.5) is 0 Å². The molecular weight excluding hydrogens is 336 g/mol. The van der Waals surface area contributed by atoms with Gasteiger partial charge in [-0.05, 0) is 37.1 Å². The molecule has 0 radical (unpaired) electrons. The number of nitrogens with one attached hydrogen (secondary N) is 1. The van der Waals surface area contributed by atoms with E-state index in [1.165, 1.54) is 0 Å². The van der Waals surface area contributed by atoms with Gasteiger partial charge in [0.2, 0.25) is 0 Å². The van der Waals surface area contributed by atoms with E-state index in [4.69, 9.17) is 0 Å². The summed E-state index contributed by atoms with van der Waals surface area (Å²) in [4.78, 5) is 14.7. The Morgan fingerprint density at radius 1 is 1.11 bits per heavy atom. The van der Waals surface area contributed by atoms with Crippen LogP contribution >= 0.6 is 0 Å². The summed E-state index contributed by atoms with van der Waals surface area (Å²) in [7, 11) is 0. The molecular formula is C22H22N4O. The zero-order chi connectivity index (χ0) is 18.6. The molecule has 0 unspecified atom stereocenters. The van der Waals surface area contributed by atoms with Crippen molar-refractivity contribution in [2.45, 2.75) is 25.4 Å². The number of rotatable bonds is 4. The second-order valence-electron chi connectivity index (χ2n) is 7.02. The van der Waals surface area contributed by atoms with Crippen molar-refractivity contribution < 1.29 is 4.79 Å². The Morgan fingerprint density at radius 3 is 2.59 bits per heavy atom. The molecule has 1 N–H and O–H groups in total. The Hall–Kier alpha value is -3.10. The molecule has 27 heavy (non-hydrogen) atoms. The van der Waals surface area contributed by atoms with Gasteiger partial charge in [-0.25, -0.2) is 0 Å². The number of benzene rings is 1. The van der Waals surface area contributed by atoms with Crippen LogP contribution in [0.15, 0.2) is 60.9 Å². The number of nitrogens with zero attached hydrogens (tertiary/aromatic N) is 3. The van der Waals surface area contributed by atoms with Crippen molar-refractivity contribution in [2.75, 3.05) is 13.1 Å². The molecule has 0 spiro atoms. The molecule has 0 bridgehead atoms. The first-order valence-electron chi connectivity index (χ1n) is 9.31. The summed E-state index contributed by atoms with van der Waals surface area (Å²) >= 11 is 0. The second kappa shape index (κ2) is 7.65. The van der Waals surface area contributed by atoms with Crippen LogP contribution in [0.5, 0.6) is 0 Å². The maximum atomic E-state index is 12.3. The van der Waals surface area contributed by atoms with Gasteiger partial charge >= 0.3 is 0 Å². The number of fused-ring (bicyclic) bond motifs is 1. The fraction of sp³-hybridized carbons (Fsp3) is 0.273. The third-order valence-electron chi connectivity index (χ3n) is 5.23. The number of pyridine rings is 1. The number of aromatic nitrogens is 1. The number of amides is 1. The number of likely N-dealkylation sites (tertiary alicyclic amines) is 1. The molecule has 1 saturated heterocycles. The van der Waals surface area contributed by atoms with E-state index in [2.05, 4.69) is 22.5 Å². The fourth-order valence-corrected chi connectivity index (χ4v) is 3.76. The van der Waals surface area contributed by atoms with Crippen LogP contribution in [-0.4, -0.2) is 34.3 Å². The van der Waals surface area contributed by atoms with Crippen LogP contribution < -0.4 is 5.32 Å². The lowest BCUT2D eigenvalue weighted by Gasteiger charge is -2.32. The van der Waals surface area contributed by atoms with Gasteiger partial charge in [0.1, 0.15) is 6.07 Å². The lowest BCUT2D eigenvalue weighted by Crippen LogP contribution is -2.44. The van der Waals surface area contributed by atoms with E-state index in [0.717, 1.165) is 49.1 Å². The molecule has 136 valence electrons. The molecule has 1 fully saturated rings. The fourth-order valence-electron chi connectivity index (χ4n) is 3.76. The van der Waals surface area contributed by atoms with Crippen LogP contribution in [0.1, 0.15) is 34.3 Å². The minimum absolute atomic E-state index is 0.000462. The first-order chi connectivity index (χ1) is 13.2. The summed E-state index contributed by atoms with van der Waals surface area (Å²) in [6.07, 6.45) is 5.88. The molecule has 3 heterocycles. The van der Waals surface area contributed by atoms with E-state index in [-0.39, 0.29) is 11.9 Å². The molecule has 5 heteroatoms. The van der Waals surface area contributed by atoms with E-state index in [0.29, 0.717) is 5.56 Å². The minimum Gasteiger partial charge on any atom is -0.349 e. The summed E-state index contributed by atoms with van der Waals surface area (Å²) in [6, 6.07) is 17.8. The molecule has 4 rings (SSSR count). The molecule has 0 aliphatic carbocycles. The van der Waals surface area contributed by atoms with Crippen molar-refractivity contribution in [3.63, 3.8) is 0 Å². The Morgan fingerprint density at radius 2 is 1.85 bits per heavy atom. The average Bonchev–Trinajstić information content (AvgIpc) is 3.07. The van der Waals surface area contributed by atoms with Gasteiger partial charge in [0.15, 0.2) is 0 Å². The van der Waals surface area contributed by atoms with Gasteiger partial charge in [0.05, 0.1) is 11.1 Å². The average molecular weight is 358 g/mol. The first-order valence-corrected chi connectivity index (χ1v) is 9.31. The monoisotopic (exact) mass is 358 g/mol. The van der Waals surface area contributed by atoms with Crippen molar-refractivity contribution >= 4 is 11.4 Å². The third kappa shape index (κ3) is 3.71. The van der Waals surface area contributed by atoms with E-state index >= 15 is 0 Å². The van der Waals surface area contributed by atoms with Crippen molar-refractivity contribution in [3.8, 4) is 6.07 Å². The summed E-state index contributed by atoms with van der Waals surface area (Å²) in [5, 5.41) is 12.7. The Balaban J connectivity index is 1.36.